The van der Waals surface area contributed by atoms with Gasteiger partial charge in [-0.15, -0.1) is 0 Å². The second-order valence-electron chi connectivity index (χ2n) is 16.6. The number of esters is 5. The smallest absolute Gasteiger partial charge is 0.344 e. The van der Waals surface area contributed by atoms with Gasteiger partial charge in [0.05, 0.1) is 23.5 Å². The highest BCUT2D eigenvalue weighted by molar-refractivity contribution is 5.96. The van der Waals surface area contributed by atoms with E-state index >= 15 is 4.79 Å². The molecule has 0 radical (unpaired) electrons. The molecule has 14 nitrogen and oxygen atoms in total. The molecular weight excluding hydrogens is 764 g/mol. The molecular formula is C45H48O14. The SMILES string of the molecule is CC(=O)O[C@H]1C(=O)[C@]2(C)[C@@H](OC(=O)COc3cccc4ccccc34)C[C@H]3OC[C@@]3(OC(C)=O)[C@H]2[C@H](OC(=O)c2ccccc2)[C@]2(O)C[C@H](OC(C)=O)C(C)=C1C2(C)C. The zero-order valence-corrected chi connectivity index (χ0v) is 34.0. The van der Waals surface area contributed by atoms with Crippen molar-refractivity contribution in [3.8, 4) is 5.75 Å². The van der Waals surface area contributed by atoms with Gasteiger partial charge in [-0.3, -0.25) is 19.2 Å². The maximum absolute atomic E-state index is 15.8. The van der Waals surface area contributed by atoms with Gasteiger partial charge in [0, 0.05) is 44.4 Å². The molecule has 1 aliphatic heterocycles. The molecule has 0 amide bonds. The molecule has 0 spiro atoms. The summed E-state index contributed by atoms with van der Waals surface area (Å²) in [5, 5.41) is 15.2. The molecule has 2 bridgehead atoms. The van der Waals surface area contributed by atoms with E-state index in [0.717, 1.165) is 17.7 Å². The van der Waals surface area contributed by atoms with Crippen LogP contribution in [0.2, 0.25) is 0 Å². The van der Waals surface area contributed by atoms with E-state index in [2.05, 4.69) is 0 Å². The molecule has 9 atom stereocenters. The second-order valence-corrected chi connectivity index (χ2v) is 16.6. The number of rotatable bonds is 9. The van der Waals surface area contributed by atoms with Crippen LogP contribution in [0.15, 0.2) is 83.9 Å². The Morgan fingerprint density at radius 3 is 2.12 bits per heavy atom. The van der Waals surface area contributed by atoms with E-state index in [4.69, 9.17) is 33.2 Å². The maximum Gasteiger partial charge on any atom is 0.344 e. The predicted octanol–water partition coefficient (Wildman–Crippen LogP) is 5.01. The van der Waals surface area contributed by atoms with Crippen molar-refractivity contribution in [2.24, 2.45) is 16.7 Å². The van der Waals surface area contributed by atoms with Crippen molar-refractivity contribution < 1.29 is 67.0 Å². The zero-order valence-electron chi connectivity index (χ0n) is 34.0. The van der Waals surface area contributed by atoms with Crippen molar-refractivity contribution in [2.75, 3.05) is 13.2 Å². The Morgan fingerprint density at radius 2 is 1.47 bits per heavy atom. The molecule has 3 aromatic rings. The summed E-state index contributed by atoms with van der Waals surface area (Å²) < 4.78 is 42.5. The van der Waals surface area contributed by atoms with Gasteiger partial charge in [0.15, 0.2) is 24.1 Å². The van der Waals surface area contributed by atoms with Gasteiger partial charge in [0.1, 0.15) is 35.8 Å². The Kier molecular flexibility index (Phi) is 10.7. The Morgan fingerprint density at radius 1 is 0.814 bits per heavy atom. The van der Waals surface area contributed by atoms with Crippen LogP contribution in [0.1, 0.15) is 71.7 Å². The van der Waals surface area contributed by atoms with Gasteiger partial charge < -0.3 is 38.3 Å². The Hall–Kier alpha value is -5.60. The molecule has 0 unspecified atom stereocenters. The van der Waals surface area contributed by atoms with Crippen molar-refractivity contribution in [1.82, 2.24) is 0 Å². The molecule has 312 valence electrons. The molecule has 7 rings (SSSR count). The summed E-state index contributed by atoms with van der Waals surface area (Å²) in [5.74, 6) is -5.98. The zero-order chi connectivity index (χ0) is 42.7. The third-order valence-corrected chi connectivity index (χ3v) is 12.8. The number of carbonyl (C=O) groups is 6. The average Bonchev–Trinajstić information content (AvgIpc) is 3.17. The van der Waals surface area contributed by atoms with Crippen LogP contribution in [0, 0.1) is 16.7 Å². The van der Waals surface area contributed by atoms with Gasteiger partial charge in [-0.05, 0) is 48.6 Å². The van der Waals surface area contributed by atoms with Crippen molar-refractivity contribution >= 4 is 46.4 Å². The first-order chi connectivity index (χ1) is 27.8. The highest BCUT2D eigenvalue weighted by Crippen LogP contribution is 2.65. The Balaban J connectivity index is 1.43. The molecule has 1 heterocycles. The fraction of sp³-hybridized carbons (Fsp3) is 0.467. The number of aliphatic hydroxyl groups is 1. The fourth-order valence-corrected chi connectivity index (χ4v) is 10.0. The maximum atomic E-state index is 15.8. The lowest BCUT2D eigenvalue weighted by molar-refractivity contribution is -0.346. The largest absolute Gasteiger partial charge is 0.481 e. The normalized spacial score (nSPS) is 31.8. The Labute approximate surface area is 341 Å². The van der Waals surface area contributed by atoms with E-state index in [-0.39, 0.29) is 30.6 Å². The predicted molar refractivity (Wildman–Crippen MR) is 208 cm³/mol. The van der Waals surface area contributed by atoms with Crippen LogP contribution in [0.25, 0.3) is 10.8 Å². The van der Waals surface area contributed by atoms with E-state index in [9.17, 15) is 29.1 Å². The van der Waals surface area contributed by atoms with Crippen LogP contribution in [0.5, 0.6) is 5.75 Å². The minimum atomic E-state index is -2.26. The number of Topliss-reactive ketones (excluding diaryl/α,β-unsaturated/α-hetero) is 1. The molecule has 2 saturated carbocycles. The highest BCUT2D eigenvalue weighted by Gasteiger charge is 2.79. The third-order valence-electron chi connectivity index (χ3n) is 12.8. The van der Waals surface area contributed by atoms with Crippen molar-refractivity contribution in [2.45, 2.75) is 103 Å². The topological polar surface area (TPSA) is 187 Å². The minimum Gasteiger partial charge on any atom is -0.481 e. The summed E-state index contributed by atoms with van der Waals surface area (Å²) in [6.07, 6.45) is -7.67. The van der Waals surface area contributed by atoms with E-state index in [1.807, 2.05) is 30.3 Å². The van der Waals surface area contributed by atoms with Gasteiger partial charge in [-0.2, -0.15) is 0 Å². The Bertz CT molecular complexity index is 2240. The van der Waals surface area contributed by atoms with Gasteiger partial charge >= 0.3 is 29.8 Å². The molecule has 14 heteroatoms. The van der Waals surface area contributed by atoms with E-state index in [0.29, 0.717) is 11.3 Å². The summed E-state index contributed by atoms with van der Waals surface area (Å²) in [7, 11) is 0. The molecule has 1 saturated heterocycles. The number of benzene rings is 3. The van der Waals surface area contributed by atoms with Crippen LogP contribution < -0.4 is 4.74 Å². The summed E-state index contributed by atoms with van der Waals surface area (Å²) in [4.78, 5) is 82.8. The summed E-state index contributed by atoms with van der Waals surface area (Å²) in [6.45, 7) is 8.93. The lowest BCUT2D eigenvalue weighted by Gasteiger charge is -2.67. The van der Waals surface area contributed by atoms with Crippen molar-refractivity contribution in [3.05, 3.63) is 89.5 Å². The van der Waals surface area contributed by atoms with Gasteiger partial charge in [0.25, 0.3) is 0 Å². The van der Waals surface area contributed by atoms with E-state index < -0.39 is 101 Å². The molecule has 59 heavy (non-hydrogen) atoms. The standard InChI is InChI=1S/C45H48O14/c1-24-32(55-25(2)46)21-45(52)40(58-41(51)29-15-9-8-10-16-29)38-43(7,39(50)37(56-26(3)47)36(24)42(45,5)6)33(20-34-44(38,23-54-34)59-27(4)48)57-35(49)22-53-31-19-13-17-28-14-11-12-18-30(28)31/h8-19,32-34,37-38,40,52H,20-23H2,1-7H3/t32-,33-,34+,37+,38-,40-,43+,44-,45+/m0/s1. The molecule has 0 aromatic heterocycles. The van der Waals surface area contributed by atoms with Crippen LogP contribution in [0.4, 0.5) is 0 Å². The van der Waals surface area contributed by atoms with Gasteiger partial charge in [0.2, 0.25) is 0 Å². The summed E-state index contributed by atoms with van der Waals surface area (Å²) >= 11 is 0. The minimum absolute atomic E-state index is 0.105. The van der Waals surface area contributed by atoms with Crippen LogP contribution in [0.3, 0.4) is 0 Å². The number of hydrogen-bond acceptors (Lipinski definition) is 14. The molecule has 4 aliphatic rings. The summed E-state index contributed by atoms with van der Waals surface area (Å²) in [6, 6.07) is 20.8. The number of ether oxygens (including phenoxy) is 7. The molecule has 3 aromatic carbocycles. The second kappa shape index (κ2) is 15.2. The lowest BCUT2D eigenvalue weighted by Crippen LogP contribution is -2.82. The van der Waals surface area contributed by atoms with Crippen molar-refractivity contribution in [3.63, 3.8) is 0 Å². The highest BCUT2D eigenvalue weighted by atomic mass is 16.6. The first-order valence-corrected chi connectivity index (χ1v) is 19.5. The average molecular weight is 813 g/mol. The third kappa shape index (κ3) is 6.85. The van der Waals surface area contributed by atoms with Gasteiger partial charge in [-0.25, -0.2) is 9.59 Å². The summed E-state index contributed by atoms with van der Waals surface area (Å²) in [5.41, 5.74) is -7.08. The van der Waals surface area contributed by atoms with Crippen LogP contribution in [-0.2, 0) is 52.4 Å². The lowest BCUT2D eigenvalue weighted by atomic mass is 9.44. The number of carbonyl (C=O) groups excluding carboxylic acids is 6. The monoisotopic (exact) mass is 812 g/mol. The van der Waals surface area contributed by atoms with Crippen molar-refractivity contribution in [1.29, 1.82) is 0 Å². The number of fused-ring (bicyclic) bond motifs is 6. The number of ketones is 1. The molecule has 3 fully saturated rings. The van der Waals surface area contributed by atoms with Gasteiger partial charge in [-0.1, -0.05) is 68.4 Å². The number of hydrogen-bond donors (Lipinski definition) is 1. The van der Waals surface area contributed by atoms with Crippen LogP contribution >= 0.6 is 0 Å². The fourth-order valence-electron chi connectivity index (χ4n) is 10.0. The first kappa shape index (κ1) is 41.6. The van der Waals surface area contributed by atoms with E-state index in [1.165, 1.54) is 32.9 Å². The molecule has 1 N–H and O–H groups in total. The van der Waals surface area contributed by atoms with E-state index in [1.54, 1.807) is 51.1 Å². The van der Waals surface area contributed by atoms with Crippen LogP contribution in [-0.4, -0.2) is 95.7 Å². The quantitative estimate of drug-likeness (QED) is 0.173. The molecule has 3 aliphatic carbocycles. The first-order valence-electron chi connectivity index (χ1n) is 19.5.